The number of carbonyl (C=O) groups is 1. The van der Waals surface area contributed by atoms with Gasteiger partial charge in [-0.2, -0.15) is 0 Å². The van der Waals surface area contributed by atoms with Crippen molar-refractivity contribution in [2.45, 2.75) is 52.0 Å². The lowest BCUT2D eigenvalue weighted by Gasteiger charge is -2.39. The molecule has 4 N–H and O–H groups in total. The molecule has 1 unspecified atom stereocenters. The van der Waals surface area contributed by atoms with Gasteiger partial charge in [-0.3, -0.25) is 4.79 Å². The summed E-state index contributed by atoms with van der Waals surface area (Å²) in [6.45, 7) is 4.33. The number of nitrogens with one attached hydrogen (secondary N) is 1. The van der Waals surface area contributed by atoms with Crippen molar-refractivity contribution in [1.29, 1.82) is 0 Å². The van der Waals surface area contributed by atoms with Crippen molar-refractivity contribution in [2.75, 3.05) is 0 Å². The molecule has 5 nitrogen and oxygen atoms in total. The maximum absolute atomic E-state index is 11.6. The van der Waals surface area contributed by atoms with E-state index in [2.05, 4.69) is 24.3 Å². The van der Waals surface area contributed by atoms with E-state index >= 15 is 0 Å². The minimum atomic E-state index is -0.171. The standard InChI is InChI=1S/C11H21N3O2/c1-11(2)6-4-3-5-8(11)13-10(15)7-9(12)14-16/h8,16H,3-7H2,1-2H3,(H2,12,14)(H,13,15). The number of nitrogens with two attached hydrogens (primary N) is 1. The molecule has 5 heteroatoms. The topological polar surface area (TPSA) is 87.7 Å². The highest BCUT2D eigenvalue weighted by atomic mass is 16.4. The molecular weight excluding hydrogens is 206 g/mol. The lowest BCUT2D eigenvalue weighted by atomic mass is 9.73. The molecule has 0 aliphatic heterocycles. The zero-order valence-electron chi connectivity index (χ0n) is 9.99. The van der Waals surface area contributed by atoms with Gasteiger partial charge in [0, 0.05) is 6.04 Å². The Kier molecular flexibility index (Phi) is 4.15. The summed E-state index contributed by atoms with van der Waals surface area (Å²) in [7, 11) is 0. The minimum Gasteiger partial charge on any atom is -0.409 e. The summed E-state index contributed by atoms with van der Waals surface area (Å²) < 4.78 is 0. The third-order valence-electron chi connectivity index (χ3n) is 3.31. The molecule has 1 fully saturated rings. The lowest BCUT2D eigenvalue weighted by molar-refractivity contribution is -0.121. The van der Waals surface area contributed by atoms with E-state index in [4.69, 9.17) is 10.9 Å². The van der Waals surface area contributed by atoms with Gasteiger partial charge in [0.1, 0.15) is 5.84 Å². The van der Waals surface area contributed by atoms with Gasteiger partial charge in [-0.25, -0.2) is 0 Å². The van der Waals surface area contributed by atoms with Gasteiger partial charge in [0.2, 0.25) is 5.91 Å². The Hall–Kier alpha value is -1.26. The molecule has 1 saturated carbocycles. The maximum atomic E-state index is 11.6. The number of amides is 1. The fourth-order valence-corrected chi connectivity index (χ4v) is 2.21. The SMILES string of the molecule is CC1(C)CCCCC1NC(=O)CC(N)=NO. The van der Waals surface area contributed by atoms with Gasteiger partial charge in [0.05, 0.1) is 6.42 Å². The second-order valence-electron chi connectivity index (χ2n) is 5.12. The van der Waals surface area contributed by atoms with Gasteiger partial charge >= 0.3 is 0 Å². The molecule has 0 aromatic rings. The Morgan fingerprint density at radius 2 is 2.25 bits per heavy atom. The number of nitrogens with zero attached hydrogens (tertiary/aromatic N) is 1. The second kappa shape index (κ2) is 5.18. The third kappa shape index (κ3) is 3.40. The first-order chi connectivity index (χ1) is 7.45. The quantitative estimate of drug-likeness (QED) is 0.293. The van der Waals surface area contributed by atoms with Crippen LogP contribution in [-0.4, -0.2) is 23.0 Å². The number of amidine groups is 1. The van der Waals surface area contributed by atoms with Crippen LogP contribution in [0.3, 0.4) is 0 Å². The summed E-state index contributed by atoms with van der Waals surface area (Å²) in [6, 6.07) is 0.195. The molecule has 0 aromatic carbocycles. The average Bonchev–Trinajstić information content (AvgIpc) is 2.21. The molecule has 1 amide bonds. The van der Waals surface area contributed by atoms with E-state index in [1.165, 1.54) is 6.42 Å². The molecule has 0 spiro atoms. The van der Waals surface area contributed by atoms with Gasteiger partial charge in [-0.1, -0.05) is 31.8 Å². The van der Waals surface area contributed by atoms with Gasteiger partial charge in [0.15, 0.2) is 0 Å². The van der Waals surface area contributed by atoms with Gasteiger partial charge in [-0.15, -0.1) is 0 Å². The normalized spacial score (nSPS) is 25.1. The van der Waals surface area contributed by atoms with Crippen molar-refractivity contribution in [1.82, 2.24) is 5.32 Å². The number of oxime groups is 1. The van der Waals surface area contributed by atoms with Crippen LogP contribution in [0.2, 0.25) is 0 Å². The monoisotopic (exact) mass is 227 g/mol. The van der Waals surface area contributed by atoms with Crippen LogP contribution >= 0.6 is 0 Å². The Bertz CT molecular complexity index is 287. The zero-order valence-corrected chi connectivity index (χ0v) is 9.99. The zero-order chi connectivity index (χ0) is 12.2. The first-order valence-electron chi connectivity index (χ1n) is 5.71. The Balaban J connectivity index is 2.49. The maximum Gasteiger partial charge on any atom is 0.227 e. The van der Waals surface area contributed by atoms with Crippen LogP contribution in [0.15, 0.2) is 5.16 Å². The molecule has 92 valence electrons. The van der Waals surface area contributed by atoms with Crippen LogP contribution in [0.4, 0.5) is 0 Å². The molecule has 0 heterocycles. The van der Waals surface area contributed by atoms with E-state index in [-0.39, 0.29) is 29.6 Å². The Morgan fingerprint density at radius 3 is 2.81 bits per heavy atom. The van der Waals surface area contributed by atoms with Crippen LogP contribution in [0.5, 0.6) is 0 Å². The lowest BCUT2D eigenvalue weighted by Crippen LogP contribution is -2.47. The predicted octanol–water partition coefficient (Wildman–Crippen LogP) is 1.21. The number of hydrogen-bond donors (Lipinski definition) is 3. The van der Waals surface area contributed by atoms with Crippen LogP contribution < -0.4 is 11.1 Å². The molecule has 0 radical (unpaired) electrons. The minimum absolute atomic E-state index is 0.0386. The van der Waals surface area contributed by atoms with Crippen molar-refractivity contribution < 1.29 is 10.0 Å². The van der Waals surface area contributed by atoms with Gasteiger partial charge in [-0.05, 0) is 18.3 Å². The molecule has 1 rings (SSSR count). The number of hydrogen-bond acceptors (Lipinski definition) is 3. The highest BCUT2D eigenvalue weighted by Crippen LogP contribution is 2.35. The second-order valence-corrected chi connectivity index (χ2v) is 5.12. The molecule has 1 aliphatic rings. The molecule has 1 aliphatic carbocycles. The van der Waals surface area contributed by atoms with Crippen LogP contribution in [-0.2, 0) is 4.79 Å². The van der Waals surface area contributed by atoms with Crippen molar-refractivity contribution in [2.24, 2.45) is 16.3 Å². The summed E-state index contributed by atoms with van der Waals surface area (Å²) in [6.07, 6.45) is 4.47. The van der Waals surface area contributed by atoms with Crippen molar-refractivity contribution in [3.63, 3.8) is 0 Å². The summed E-state index contributed by atoms with van der Waals surface area (Å²) in [4.78, 5) is 11.6. The smallest absolute Gasteiger partial charge is 0.227 e. The van der Waals surface area contributed by atoms with E-state index in [0.29, 0.717) is 0 Å². The third-order valence-corrected chi connectivity index (χ3v) is 3.31. The molecule has 0 aromatic heterocycles. The molecule has 0 bridgehead atoms. The van der Waals surface area contributed by atoms with Crippen LogP contribution in [0.1, 0.15) is 46.0 Å². The summed E-state index contributed by atoms with van der Waals surface area (Å²) >= 11 is 0. The highest BCUT2D eigenvalue weighted by molar-refractivity contribution is 5.98. The average molecular weight is 227 g/mol. The predicted molar refractivity (Wildman–Crippen MR) is 62.2 cm³/mol. The summed E-state index contributed by atoms with van der Waals surface area (Å²) in [5.74, 6) is -0.221. The van der Waals surface area contributed by atoms with E-state index < -0.39 is 0 Å². The first kappa shape index (κ1) is 12.8. The molecule has 0 saturated heterocycles. The number of carbonyl (C=O) groups excluding carboxylic acids is 1. The first-order valence-corrected chi connectivity index (χ1v) is 5.71. The fraction of sp³-hybridized carbons (Fsp3) is 0.818. The van der Waals surface area contributed by atoms with Crippen molar-refractivity contribution in [3.8, 4) is 0 Å². The molecule has 1 atom stereocenters. The van der Waals surface area contributed by atoms with Crippen molar-refractivity contribution in [3.05, 3.63) is 0 Å². The summed E-state index contributed by atoms with van der Waals surface area (Å²) in [5.41, 5.74) is 5.42. The molecular formula is C11H21N3O2. The van der Waals surface area contributed by atoms with E-state index in [1.807, 2.05) is 0 Å². The van der Waals surface area contributed by atoms with E-state index in [9.17, 15) is 4.79 Å². The summed E-state index contributed by atoms with van der Waals surface area (Å²) in [5, 5.41) is 14.1. The highest BCUT2D eigenvalue weighted by Gasteiger charge is 2.33. The Morgan fingerprint density at radius 1 is 1.56 bits per heavy atom. The van der Waals surface area contributed by atoms with Gasteiger partial charge in [0.25, 0.3) is 0 Å². The Labute approximate surface area is 96.1 Å². The fourth-order valence-electron chi connectivity index (χ4n) is 2.21. The van der Waals surface area contributed by atoms with Gasteiger partial charge < -0.3 is 16.3 Å². The van der Waals surface area contributed by atoms with E-state index in [0.717, 1.165) is 19.3 Å². The van der Waals surface area contributed by atoms with Crippen LogP contribution in [0, 0.1) is 5.41 Å². The largest absolute Gasteiger partial charge is 0.409 e. The van der Waals surface area contributed by atoms with Crippen LogP contribution in [0.25, 0.3) is 0 Å². The molecule has 16 heavy (non-hydrogen) atoms. The van der Waals surface area contributed by atoms with E-state index in [1.54, 1.807) is 0 Å². The number of rotatable bonds is 3. The van der Waals surface area contributed by atoms with Crippen molar-refractivity contribution >= 4 is 11.7 Å².